The number of aliphatic hydroxyl groups is 1. The molecule has 0 fully saturated rings. The molecule has 0 saturated heterocycles. The molecule has 1 nitrogen and oxygen atoms in total. The number of rotatable bonds is 5. The van der Waals surface area contributed by atoms with E-state index in [1.165, 1.54) is 19.3 Å². The molecule has 0 heterocycles. The maximum absolute atomic E-state index is 8.70. The highest BCUT2D eigenvalue weighted by Crippen LogP contribution is 2.11. The Morgan fingerprint density at radius 3 is 2.00 bits per heavy atom. The average Bonchev–Trinajstić information content (AvgIpc) is 1.87. The van der Waals surface area contributed by atoms with Crippen LogP contribution in [0.15, 0.2) is 0 Å². The standard InChI is InChI=1S/C9H20O.Mg/c1-8(2)5-4-6-9(3)7-10;/h8-10H,4-7H2,1-3H3;/t9-;/m1./s1. The third-order valence-electron chi connectivity index (χ3n) is 1.79. The molecule has 0 aliphatic heterocycles. The van der Waals surface area contributed by atoms with Crippen molar-refractivity contribution in [1.29, 1.82) is 0 Å². The van der Waals surface area contributed by atoms with Crippen molar-refractivity contribution in [3.05, 3.63) is 0 Å². The fourth-order valence-corrected chi connectivity index (χ4v) is 0.966. The van der Waals surface area contributed by atoms with Crippen LogP contribution >= 0.6 is 0 Å². The molecule has 0 bridgehead atoms. The van der Waals surface area contributed by atoms with E-state index in [4.69, 9.17) is 5.11 Å². The molecule has 0 aromatic carbocycles. The Balaban J connectivity index is 0. The fourth-order valence-electron chi connectivity index (χ4n) is 0.966. The quantitative estimate of drug-likeness (QED) is 0.623. The average molecular weight is 169 g/mol. The topological polar surface area (TPSA) is 20.2 Å². The monoisotopic (exact) mass is 168 g/mol. The molecule has 0 aliphatic carbocycles. The molecule has 0 unspecified atom stereocenters. The summed E-state index contributed by atoms with van der Waals surface area (Å²) in [5, 5.41) is 8.70. The van der Waals surface area contributed by atoms with E-state index in [9.17, 15) is 0 Å². The third-order valence-corrected chi connectivity index (χ3v) is 1.79. The Morgan fingerprint density at radius 1 is 1.09 bits per heavy atom. The molecule has 0 aliphatic rings. The largest absolute Gasteiger partial charge is 0.396 e. The van der Waals surface area contributed by atoms with E-state index < -0.39 is 0 Å². The number of hydrogen-bond acceptors (Lipinski definition) is 1. The van der Waals surface area contributed by atoms with Crippen LogP contribution in [0.1, 0.15) is 40.0 Å². The van der Waals surface area contributed by atoms with Crippen molar-refractivity contribution in [2.45, 2.75) is 40.0 Å². The summed E-state index contributed by atoms with van der Waals surface area (Å²) in [6, 6.07) is 0. The minimum absolute atomic E-state index is 0. The van der Waals surface area contributed by atoms with Gasteiger partial charge in [-0.3, -0.25) is 0 Å². The molecule has 0 aromatic rings. The number of hydrogen-bond donors (Lipinski definition) is 1. The molecule has 2 heteroatoms. The van der Waals surface area contributed by atoms with Crippen LogP contribution in [0.3, 0.4) is 0 Å². The van der Waals surface area contributed by atoms with Crippen LogP contribution in [-0.2, 0) is 0 Å². The van der Waals surface area contributed by atoms with Crippen LogP contribution < -0.4 is 0 Å². The van der Waals surface area contributed by atoms with Crippen LogP contribution in [0.25, 0.3) is 0 Å². The molecule has 2 radical (unpaired) electrons. The lowest BCUT2D eigenvalue weighted by Gasteiger charge is -2.08. The molecule has 0 spiro atoms. The second-order valence-electron chi connectivity index (χ2n) is 3.61. The molecule has 0 rings (SSSR count). The maximum atomic E-state index is 8.70. The first-order chi connectivity index (χ1) is 4.66. The van der Waals surface area contributed by atoms with Crippen molar-refractivity contribution in [3.63, 3.8) is 0 Å². The summed E-state index contributed by atoms with van der Waals surface area (Å²) in [6.45, 7) is 6.92. The predicted molar refractivity (Wildman–Crippen MR) is 50.7 cm³/mol. The Bertz CT molecular complexity index is 74.0. The van der Waals surface area contributed by atoms with Crippen LogP contribution in [0.4, 0.5) is 0 Å². The smallest absolute Gasteiger partial charge is 0.0456 e. The predicted octanol–water partition coefficient (Wildman–Crippen LogP) is 2.06. The van der Waals surface area contributed by atoms with Crippen LogP contribution in [-0.4, -0.2) is 34.8 Å². The van der Waals surface area contributed by atoms with E-state index >= 15 is 0 Å². The van der Waals surface area contributed by atoms with Crippen LogP contribution in [0.5, 0.6) is 0 Å². The maximum Gasteiger partial charge on any atom is 0.0456 e. The second-order valence-corrected chi connectivity index (χ2v) is 3.61. The third kappa shape index (κ3) is 10.7. The minimum atomic E-state index is 0. The van der Waals surface area contributed by atoms with Gasteiger partial charge in [-0.2, -0.15) is 0 Å². The van der Waals surface area contributed by atoms with E-state index in [1.807, 2.05) is 0 Å². The van der Waals surface area contributed by atoms with Gasteiger partial charge >= 0.3 is 0 Å². The lowest BCUT2D eigenvalue weighted by atomic mass is 10.0. The Labute approximate surface area is 86.7 Å². The van der Waals surface area contributed by atoms with Crippen molar-refractivity contribution in [3.8, 4) is 0 Å². The number of aliphatic hydroxyl groups excluding tert-OH is 1. The van der Waals surface area contributed by atoms with Crippen molar-refractivity contribution in [2.75, 3.05) is 6.61 Å². The second kappa shape index (κ2) is 8.82. The molecule has 1 N–H and O–H groups in total. The normalized spacial score (nSPS) is 12.8. The Hall–Kier alpha value is 0.726. The Morgan fingerprint density at radius 2 is 1.64 bits per heavy atom. The van der Waals surface area contributed by atoms with Gasteiger partial charge in [0.2, 0.25) is 0 Å². The van der Waals surface area contributed by atoms with Gasteiger partial charge in [0.05, 0.1) is 0 Å². The van der Waals surface area contributed by atoms with Crippen molar-refractivity contribution < 1.29 is 5.11 Å². The molecule has 64 valence electrons. The highest BCUT2D eigenvalue weighted by molar-refractivity contribution is 5.75. The molecule has 0 aromatic heterocycles. The van der Waals surface area contributed by atoms with Gasteiger partial charge in [-0.15, -0.1) is 0 Å². The molecule has 0 amide bonds. The van der Waals surface area contributed by atoms with Crippen molar-refractivity contribution in [1.82, 2.24) is 0 Å². The first-order valence-electron chi connectivity index (χ1n) is 4.27. The van der Waals surface area contributed by atoms with Gasteiger partial charge in [0.1, 0.15) is 0 Å². The van der Waals surface area contributed by atoms with Gasteiger partial charge in [0, 0.05) is 29.7 Å². The van der Waals surface area contributed by atoms with E-state index in [1.54, 1.807) is 0 Å². The van der Waals surface area contributed by atoms with Crippen LogP contribution in [0.2, 0.25) is 0 Å². The lowest BCUT2D eigenvalue weighted by molar-refractivity contribution is 0.226. The van der Waals surface area contributed by atoms with Gasteiger partial charge < -0.3 is 5.11 Å². The first-order valence-corrected chi connectivity index (χ1v) is 4.27. The SMILES string of the molecule is CC(C)CCC[C@@H](C)CO.[Mg]. The summed E-state index contributed by atoms with van der Waals surface area (Å²) in [5.74, 6) is 1.31. The summed E-state index contributed by atoms with van der Waals surface area (Å²) in [7, 11) is 0. The van der Waals surface area contributed by atoms with Crippen molar-refractivity contribution in [2.24, 2.45) is 11.8 Å². The van der Waals surface area contributed by atoms with Crippen LogP contribution in [0, 0.1) is 11.8 Å². The molecule has 1 atom stereocenters. The molecular weight excluding hydrogens is 148 g/mol. The van der Waals surface area contributed by atoms with Gasteiger partial charge in [-0.1, -0.05) is 33.6 Å². The van der Waals surface area contributed by atoms with Crippen molar-refractivity contribution >= 4 is 23.1 Å². The van der Waals surface area contributed by atoms with E-state index in [0.29, 0.717) is 12.5 Å². The minimum Gasteiger partial charge on any atom is -0.396 e. The summed E-state index contributed by atoms with van der Waals surface area (Å²) in [4.78, 5) is 0. The van der Waals surface area contributed by atoms with Gasteiger partial charge in [-0.25, -0.2) is 0 Å². The summed E-state index contributed by atoms with van der Waals surface area (Å²) >= 11 is 0. The zero-order valence-corrected chi connectivity index (χ0v) is 9.55. The first kappa shape index (κ1) is 14.3. The van der Waals surface area contributed by atoms with E-state index in [2.05, 4.69) is 20.8 Å². The zero-order chi connectivity index (χ0) is 7.98. The van der Waals surface area contributed by atoms with E-state index in [-0.39, 0.29) is 23.1 Å². The highest BCUT2D eigenvalue weighted by Gasteiger charge is 1.99. The van der Waals surface area contributed by atoms with E-state index in [0.717, 1.165) is 5.92 Å². The summed E-state index contributed by atoms with van der Waals surface area (Å²) in [5.41, 5.74) is 0. The molecule has 0 saturated carbocycles. The Kier molecular flexibility index (Phi) is 11.4. The zero-order valence-electron chi connectivity index (χ0n) is 8.14. The van der Waals surface area contributed by atoms with Gasteiger partial charge in [0.25, 0.3) is 0 Å². The lowest BCUT2D eigenvalue weighted by Crippen LogP contribution is -2.00. The molecule has 11 heavy (non-hydrogen) atoms. The summed E-state index contributed by atoms with van der Waals surface area (Å²) in [6.07, 6.45) is 3.73. The fraction of sp³-hybridized carbons (Fsp3) is 1.00. The highest BCUT2D eigenvalue weighted by atomic mass is 24.3. The summed E-state index contributed by atoms with van der Waals surface area (Å²) < 4.78 is 0. The van der Waals surface area contributed by atoms with Gasteiger partial charge in [0.15, 0.2) is 0 Å². The van der Waals surface area contributed by atoms with Gasteiger partial charge in [-0.05, 0) is 18.3 Å². The molecular formula is C9H20MgO.